The van der Waals surface area contributed by atoms with Crippen molar-refractivity contribution < 1.29 is 17.9 Å². The van der Waals surface area contributed by atoms with Crippen LogP contribution in [-0.4, -0.2) is 16.1 Å². The summed E-state index contributed by atoms with van der Waals surface area (Å²) >= 11 is 6.03. The molecule has 1 heterocycles. The highest BCUT2D eigenvalue weighted by molar-refractivity contribution is 6.31. The lowest BCUT2D eigenvalue weighted by atomic mass is 10.0. The predicted molar refractivity (Wildman–Crippen MR) is 70.5 cm³/mol. The van der Waals surface area contributed by atoms with Crippen molar-refractivity contribution in [3.8, 4) is 5.75 Å². The van der Waals surface area contributed by atoms with Gasteiger partial charge in [-0.3, -0.25) is 10.5 Å². The molecule has 0 fully saturated rings. The molecule has 114 valence electrons. The van der Waals surface area contributed by atoms with Crippen LogP contribution in [0, 0.1) is 0 Å². The van der Waals surface area contributed by atoms with Crippen LogP contribution in [0.5, 0.6) is 5.75 Å². The molecule has 1 atom stereocenters. The average Bonchev–Trinajstić information content (AvgIpc) is 2.72. The maximum Gasteiger partial charge on any atom is 0.573 e. The molecular formula is C12H12ClF3N4O. The fourth-order valence-corrected chi connectivity index (χ4v) is 2.21. The van der Waals surface area contributed by atoms with Crippen LogP contribution >= 0.6 is 11.6 Å². The highest BCUT2D eigenvalue weighted by atomic mass is 35.5. The van der Waals surface area contributed by atoms with Gasteiger partial charge in [-0.1, -0.05) is 23.7 Å². The first kappa shape index (κ1) is 15.6. The van der Waals surface area contributed by atoms with E-state index in [2.05, 4.69) is 15.3 Å². The lowest BCUT2D eigenvalue weighted by molar-refractivity contribution is -0.274. The van der Waals surface area contributed by atoms with Crippen molar-refractivity contribution in [2.75, 3.05) is 0 Å². The van der Waals surface area contributed by atoms with Crippen LogP contribution in [-0.2, 0) is 7.05 Å². The molecule has 5 nitrogen and oxygen atoms in total. The minimum Gasteiger partial charge on any atom is -0.406 e. The van der Waals surface area contributed by atoms with E-state index < -0.39 is 12.4 Å². The van der Waals surface area contributed by atoms with Gasteiger partial charge in [0.15, 0.2) is 0 Å². The lowest BCUT2D eigenvalue weighted by Gasteiger charge is -2.18. The largest absolute Gasteiger partial charge is 0.573 e. The number of nitrogens with zero attached hydrogens (tertiary/aromatic N) is 2. The van der Waals surface area contributed by atoms with Gasteiger partial charge in [0.05, 0.1) is 23.0 Å². The molecule has 2 rings (SSSR count). The fourth-order valence-electron chi connectivity index (χ4n) is 1.94. The molecule has 1 aromatic carbocycles. The van der Waals surface area contributed by atoms with Crippen molar-refractivity contribution in [2.24, 2.45) is 12.9 Å². The summed E-state index contributed by atoms with van der Waals surface area (Å²) in [5.74, 6) is 5.21. The molecule has 0 aliphatic carbocycles. The Morgan fingerprint density at radius 1 is 1.33 bits per heavy atom. The second-order valence-corrected chi connectivity index (χ2v) is 4.63. The number of hydrazine groups is 1. The summed E-state index contributed by atoms with van der Waals surface area (Å²) in [6.45, 7) is 0. The van der Waals surface area contributed by atoms with Crippen molar-refractivity contribution in [3.05, 3.63) is 46.7 Å². The second-order valence-electron chi connectivity index (χ2n) is 4.22. The summed E-state index contributed by atoms with van der Waals surface area (Å²) in [7, 11) is 1.69. The van der Waals surface area contributed by atoms with Crippen LogP contribution in [0.2, 0.25) is 5.02 Å². The molecule has 0 saturated heterocycles. The Morgan fingerprint density at radius 2 is 1.95 bits per heavy atom. The maximum absolute atomic E-state index is 12.1. The highest BCUT2D eigenvalue weighted by Gasteiger charge is 2.31. The van der Waals surface area contributed by atoms with Crippen molar-refractivity contribution in [1.82, 2.24) is 15.2 Å². The summed E-state index contributed by atoms with van der Waals surface area (Å²) in [6, 6.07) is 4.84. The average molecular weight is 321 g/mol. The molecule has 0 spiro atoms. The number of nitrogens with two attached hydrogens (primary N) is 1. The van der Waals surface area contributed by atoms with E-state index in [1.165, 1.54) is 35.1 Å². The van der Waals surface area contributed by atoms with Crippen molar-refractivity contribution in [3.63, 3.8) is 0 Å². The SMILES string of the molecule is Cn1ncc(Cl)c1C(NN)c1ccc(OC(F)(F)F)cc1. The molecule has 0 bridgehead atoms. The molecule has 1 aromatic heterocycles. The molecule has 0 aliphatic rings. The van der Waals surface area contributed by atoms with E-state index in [0.717, 1.165) is 0 Å². The van der Waals surface area contributed by atoms with Gasteiger partial charge in [-0.25, -0.2) is 5.43 Å². The topological polar surface area (TPSA) is 65.1 Å². The standard InChI is InChI=1S/C12H12ClF3N4O/c1-20-11(9(13)6-18-20)10(19-17)7-2-4-8(5-3-7)21-12(14,15)16/h2-6,10,19H,17H2,1H3. The number of hydrogen-bond donors (Lipinski definition) is 2. The van der Waals surface area contributed by atoms with E-state index >= 15 is 0 Å². The molecule has 3 N–H and O–H groups in total. The number of aryl methyl sites for hydroxylation is 1. The van der Waals surface area contributed by atoms with Crippen LogP contribution in [0.25, 0.3) is 0 Å². The van der Waals surface area contributed by atoms with E-state index in [1.807, 2.05) is 0 Å². The van der Waals surface area contributed by atoms with Crippen molar-refractivity contribution >= 4 is 11.6 Å². The number of aromatic nitrogens is 2. The van der Waals surface area contributed by atoms with E-state index in [1.54, 1.807) is 7.05 Å². The van der Waals surface area contributed by atoms with E-state index in [9.17, 15) is 13.2 Å². The number of alkyl halides is 3. The Bertz CT molecular complexity index is 592. The van der Waals surface area contributed by atoms with Crippen LogP contribution < -0.4 is 16.0 Å². The van der Waals surface area contributed by atoms with Crippen LogP contribution in [0.15, 0.2) is 30.5 Å². The Labute approximate surface area is 123 Å². The first-order valence-electron chi connectivity index (χ1n) is 5.81. The minimum absolute atomic E-state index is 0.307. The van der Waals surface area contributed by atoms with Gasteiger partial charge in [0.25, 0.3) is 0 Å². The van der Waals surface area contributed by atoms with Crippen LogP contribution in [0.3, 0.4) is 0 Å². The van der Waals surface area contributed by atoms with Gasteiger partial charge in [0, 0.05) is 7.05 Å². The Hall–Kier alpha value is -1.77. The van der Waals surface area contributed by atoms with Gasteiger partial charge in [0.2, 0.25) is 0 Å². The first-order chi connectivity index (χ1) is 9.81. The lowest BCUT2D eigenvalue weighted by Crippen LogP contribution is -2.30. The molecule has 0 saturated carbocycles. The fraction of sp³-hybridized carbons (Fsp3) is 0.250. The van der Waals surface area contributed by atoms with Gasteiger partial charge in [-0.2, -0.15) is 5.10 Å². The van der Waals surface area contributed by atoms with Crippen LogP contribution in [0.4, 0.5) is 13.2 Å². The molecule has 21 heavy (non-hydrogen) atoms. The van der Waals surface area contributed by atoms with E-state index in [0.29, 0.717) is 16.3 Å². The Kier molecular flexibility index (Phi) is 4.40. The molecule has 0 radical (unpaired) electrons. The summed E-state index contributed by atoms with van der Waals surface area (Å²) in [4.78, 5) is 0. The monoisotopic (exact) mass is 320 g/mol. The third-order valence-electron chi connectivity index (χ3n) is 2.82. The number of halogens is 4. The zero-order chi connectivity index (χ0) is 15.6. The number of rotatable bonds is 4. The van der Waals surface area contributed by atoms with Crippen molar-refractivity contribution in [1.29, 1.82) is 0 Å². The molecular weight excluding hydrogens is 309 g/mol. The molecule has 1 unspecified atom stereocenters. The number of nitrogens with one attached hydrogen (secondary N) is 1. The summed E-state index contributed by atoms with van der Waals surface area (Å²) < 4.78 is 41.7. The second kappa shape index (κ2) is 5.92. The Balaban J connectivity index is 2.28. The quantitative estimate of drug-likeness (QED) is 0.671. The van der Waals surface area contributed by atoms with E-state index in [-0.39, 0.29) is 5.75 Å². The Morgan fingerprint density at radius 3 is 2.38 bits per heavy atom. The molecule has 9 heteroatoms. The van der Waals surface area contributed by atoms with E-state index in [4.69, 9.17) is 17.4 Å². The van der Waals surface area contributed by atoms with Gasteiger partial charge in [-0.15, -0.1) is 13.2 Å². The summed E-state index contributed by atoms with van der Waals surface area (Å²) in [5, 5.41) is 4.39. The van der Waals surface area contributed by atoms with Crippen LogP contribution in [0.1, 0.15) is 17.3 Å². The zero-order valence-corrected chi connectivity index (χ0v) is 11.6. The highest BCUT2D eigenvalue weighted by Crippen LogP contribution is 2.29. The summed E-state index contributed by atoms with van der Waals surface area (Å²) in [5.41, 5.74) is 3.79. The molecule has 0 aliphatic heterocycles. The smallest absolute Gasteiger partial charge is 0.406 e. The first-order valence-corrected chi connectivity index (χ1v) is 6.19. The van der Waals surface area contributed by atoms with Gasteiger partial charge < -0.3 is 4.74 Å². The van der Waals surface area contributed by atoms with Crippen molar-refractivity contribution in [2.45, 2.75) is 12.4 Å². The molecule has 0 amide bonds. The zero-order valence-electron chi connectivity index (χ0n) is 10.9. The number of hydrogen-bond acceptors (Lipinski definition) is 4. The minimum atomic E-state index is -4.72. The number of benzene rings is 1. The normalized spacial score (nSPS) is 13.2. The summed E-state index contributed by atoms with van der Waals surface area (Å²) in [6.07, 6.45) is -3.26. The third kappa shape index (κ3) is 3.66. The van der Waals surface area contributed by atoms with Gasteiger partial charge in [-0.05, 0) is 17.7 Å². The maximum atomic E-state index is 12.1. The predicted octanol–water partition coefficient (Wildman–Crippen LogP) is 2.52. The van der Waals surface area contributed by atoms with Gasteiger partial charge >= 0.3 is 6.36 Å². The van der Waals surface area contributed by atoms with Gasteiger partial charge in [0.1, 0.15) is 5.75 Å². The number of ether oxygens (including phenoxy) is 1. The third-order valence-corrected chi connectivity index (χ3v) is 3.12. The molecule has 2 aromatic rings.